The van der Waals surface area contributed by atoms with Crippen molar-refractivity contribution in [2.45, 2.75) is 0 Å². The highest BCUT2D eigenvalue weighted by Gasteiger charge is 2.22. The fourth-order valence-corrected chi connectivity index (χ4v) is 3.63. The van der Waals surface area contributed by atoms with Gasteiger partial charge in [0.05, 0.1) is 10.9 Å². The van der Waals surface area contributed by atoms with Crippen molar-refractivity contribution < 1.29 is 8.83 Å². The number of hydrogen-bond acceptors (Lipinski definition) is 4. The van der Waals surface area contributed by atoms with Crippen molar-refractivity contribution in [1.82, 2.24) is 14.8 Å². The number of aromatic nitrogens is 3. The Labute approximate surface area is 153 Å². The Hall–Kier alpha value is -3.86. The minimum absolute atomic E-state index is 0.388. The first kappa shape index (κ1) is 14.3. The quantitative estimate of drug-likeness (QED) is 0.409. The molecule has 0 radical (unpaired) electrons. The number of fused-ring (bicyclic) bond motifs is 5. The summed E-state index contributed by atoms with van der Waals surface area (Å²) >= 11 is 0. The molecule has 0 saturated heterocycles. The molecular weight excluding hydrogens is 338 g/mol. The maximum atomic E-state index is 6.17. The Morgan fingerprint density at radius 2 is 1.41 bits per heavy atom. The maximum absolute atomic E-state index is 6.17. The number of hydrogen-bond donors (Lipinski definition) is 0. The lowest BCUT2D eigenvalue weighted by molar-refractivity contribution is 0.533. The highest BCUT2D eigenvalue weighted by molar-refractivity contribution is 6.19. The summed E-state index contributed by atoms with van der Waals surface area (Å²) in [6.45, 7) is 0. The zero-order chi connectivity index (χ0) is 17.8. The molecule has 0 bridgehead atoms. The van der Waals surface area contributed by atoms with Crippen LogP contribution in [-0.2, 0) is 0 Å². The van der Waals surface area contributed by atoms with Gasteiger partial charge in [0, 0.05) is 16.3 Å². The van der Waals surface area contributed by atoms with Gasteiger partial charge in [0.2, 0.25) is 11.6 Å². The van der Waals surface area contributed by atoms with Gasteiger partial charge in [-0.1, -0.05) is 59.7 Å². The second-order valence-electron chi connectivity index (χ2n) is 6.39. The van der Waals surface area contributed by atoms with Crippen LogP contribution in [0.4, 0.5) is 0 Å². The number of furan rings is 1. The predicted octanol–water partition coefficient (Wildman–Crippen LogP) is 5.58. The van der Waals surface area contributed by atoms with E-state index in [0.29, 0.717) is 17.6 Å². The monoisotopic (exact) mass is 351 g/mol. The van der Waals surface area contributed by atoms with Crippen LogP contribution < -0.4 is 0 Å². The molecule has 0 spiro atoms. The molecule has 0 aliphatic carbocycles. The summed E-state index contributed by atoms with van der Waals surface area (Å²) in [5.41, 5.74) is 3.40. The largest absolute Gasteiger partial charge is 0.439 e. The van der Waals surface area contributed by atoms with Gasteiger partial charge in [0.25, 0.3) is 0 Å². The second-order valence-corrected chi connectivity index (χ2v) is 6.39. The third-order valence-electron chi connectivity index (χ3n) is 4.82. The first-order chi connectivity index (χ1) is 13.4. The number of rotatable bonds is 2. The van der Waals surface area contributed by atoms with E-state index in [2.05, 4.69) is 22.3 Å². The molecule has 0 atom stereocenters. The van der Waals surface area contributed by atoms with Gasteiger partial charge < -0.3 is 8.83 Å². The van der Waals surface area contributed by atoms with Crippen molar-refractivity contribution in [3.63, 3.8) is 0 Å². The topological polar surface area (TPSA) is 57.0 Å². The van der Waals surface area contributed by atoms with E-state index in [4.69, 9.17) is 8.83 Å². The summed E-state index contributed by atoms with van der Waals surface area (Å²) in [5.74, 6) is 0.479. The first-order valence-electron chi connectivity index (χ1n) is 8.70. The van der Waals surface area contributed by atoms with Crippen LogP contribution in [0.2, 0.25) is 0 Å². The predicted molar refractivity (Wildman–Crippen MR) is 104 cm³/mol. The van der Waals surface area contributed by atoms with Gasteiger partial charge in [-0.2, -0.15) is 0 Å². The molecule has 0 saturated carbocycles. The van der Waals surface area contributed by atoms with Gasteiger partial charge in [-0.05, 0) is 24.3 Å². The molecule has 0 aliphatic heterocycles. The van der Waals surface area contributed by atoms with E-state index in [1.807, 2.05) is 71.3 Å². The van der Waals surface area contributed by atoms with E-state index in [1.165, 1.54) is 0 Å². The van der Waals surface area contributed by atoms with Crippen LogP contribution in [0.3, 0.4) is 0 Å². The summed E-state index contributed by atoms with van der Waals surface area (Å²) in [6, 6.07) is 26.3. The Kier molecular flexibility index (Phi) is 2.82. The molecule has 0 fully saturated rings. The highest BCUT2D eigenvalue weighted by atomic mass is 16.4. The van der Waals surface area contributed by atoms with Gasteiger partial charge in [-0.15, -0.1) is 5.10 Å². The maximum Gasteiger partial charge on any atom is 0.330 e. The second kappa shape index (κ2) is 5.32. The minimum atomic E-state index is 0.388. The van der Waals surface area contributed by atoms with E-state index in [0.717, 1.165) is 32.8 Å². The molecule has 27 heavy (non-hydrogen) atoms. The summed E-state index contributed by atoms with van der Waals surface area (Å²) < 4.78 is 14.1. The van der Waals surface area contributed by atoms with Crippen molar-refractivity contribution >= 4 is 33.0 Å². The van der Waals surface area contributed by atoms with Crippen molar-refractivity contribution in [3.8, 4) is 17.5 Å². The van der Waals surface area contributed by atoms with Gasteiger partial charge in [0.1, 0.15) is 5.58 Å². The summed E-state index contributed by atoms with van der Waals surface area (Å²) in [4.78, 5) is 0. The molecule has 3 heterocycles. The van der Waals surface area contributed by atoms with E-state index in [9.17, 15) is 0 Å². The van der Waals surface area contributed by atoms with Crippen LogP contribution in [0.5, 0.6) is 0 Å². The van der Waals surface area contributed by atoms with Crippen molar-refractivity contribution in [2.24, 2.45) is 0 Å². The lowest BCUT2D eigenvalue weighted by Gasteiger charge is -1.99. The zero-order valence-corrected chi connectivity index (χ0v) is 14.2. The van der Waals surface area contributed by atoms with Crippen LogP contribution in [0.15, 0.2) is 87.7 Å². The standard InChI is InChI=1S/C22H13N3O2/c1-2-8-14(9-3-1)20-23-24-22(27-20)25-17-12-6-4-10-15(17)19-16-11-5-7-13-18(16)26-21(19)25/h1-13H. The fraction of sp³-hybridized carbons (Fsp3) is 0. The van der Waals surface area contributed by atoms with Crippen LogP contribution >= 0.6 is 0 Å². The molecule has 6 aromatic rings. The Bertz CT molecular complexity index is 1420. The third kappa shape index (κ3) is 1.99. The average molecular weight is 351 g/mol. The number of para-hydroxylation sites is 2. The highest BCUT2D eigenvalue weighted by Crippen LogP contribution is 2.38. The molecular formula is C22H13N3O2. The Balaban J connectivity index is 1.68. The number of nitrogens with zero attached hydrogens (tertiary/aromatic N) is 3. The molecule has 0 N–H and O–H groups in total. The molecule has 3 aromatic carbocycles. The molecule has 0 amide bonds. The first-order valence-corrected chi connectivity index (χ1v) is 8.70. The molecule has 6 rings (SSSR count). The van der Waals surface area contributed by atoms with Crippen LogP contribution in [0.1, 0.15) is 0 Å². The fourth-order valence-electron chi connectivity index (χ4n) is 3.63. The van der Waals surface area contributed by atoms with Gasteiger partial charge in [-0.3, -0.25) is 0 Å². The molecule has 0 unspecified atom stereocenters. The normalized spacial score (nSPS) is 11.7. The van der Waals surface area contributed by atoms with Crippen LogP contribution in [0.25, 0.3) is 50.4 Å². The van der Waals surface area contributed by atoms with Gasteiger partial charge in [-0.25, -0.2) is 4.57 Å². The SMILES string of the molecule is c1ccc(-c2nnc(-n3c4ccccc4c4c5ccccc5oc43)o2)cc1. The lowest BCUT2D eigenvalue weighted by Crippen LogP contribution is -1.93. The smallest absolute Gasteiger partial charge is 0.330 e. The van der Waals surface area contributed by atoms with Crippen molar-refractivity contribution in [1.29, 1.82) is 0 Å². The minimum Gasteiger partial charge on any atom is -0.439 e. The molecule has 3 aromatic heterocycles. The van der Waals surface area contributed by atoms with Gasteiger partial charge >= 0.3 is 6.01 Å². The molecule has 128 valence electrons. The Morgan fingerprint density at radius 1 is 0.667 bits per heavy atom. The molecule has 0 aliphatic rings. The average Bonchev–Trinajstić information content (AvgIpc) is 3.41. The van der Waals surface area contributed by atoms with Crippen LogP contribution in [0, 0.1) is 0 Å². The van der Waals surface area contributed by atoms with Gasteiger partial charge in [0.15, 0.2) is 0 Å². The summed E-state index contributed by atoms with van der Waals surface area (Å²) in [6.07, 6.45) is 0. The zero-order valence-electron chi connectivity index (χ0n) is 14.2. The summed E-state index contributed by atoms with van der Waals surface area (Å²) in [7, 11) is 0. The lowest BCUT2D eigenvalue weighted by atomic mass is 10.1. The number of benzene rings is 3. The van der Waals surface area contributed by atoms with Crippen LogP contribution in [-0.4, -0.2) is 14.8 Å². The van der Waals surface area contributed by atoms with E-state index in [-0.39, 0.29) is 0 Å². The third-order valence-corrected chi connectivity index (χ3v) is 4.82. The summed E-state index contributed by atoms with van der Waals surface area (Å²) in [5, 5.41) is 11.7. The van der Waals surface area contributed by atoms with Crippen molar-refractivity contribution in [2.75, 3.05) is 0 Å². The molecule has 5 heteroatoms. The molecule has 5 nitrogen and oxygen atoms in total. The van der Waals surface area contributed by atoms with E-state index >= 15 is 0 Å². The van der Waals surface area contributed by atoms with E-state index < -0.39 is 0 Å². The van der Waals surface area contributed by atoms with E-state index in [1.54, 1.807) is 0 Å². The Morgan fingerprint density at radius 3 is 2.30 bits per heavy atom. The van der Waals surface area contributed by atoms with Crippen molar-refractivity contribution in [3.05, 3.63) is 78.9 Å².